The molecule has 7 nitrogen and oxygen atoms in total. The van der Waals surface area contributed by atoms with Crippen LogP contribution in [0.5, 0.6) is 0 Å². The van der Waals surface area contributed by atoms with Crippen LogP contribution in [0.4, 0.5) is 15.8 Å². The summed E-state index contributed by atoms with van der Waals surface area (Å²) in [5, 5.41) is 16.4. The van der Waals surface area contributed by atoms with Gasteiger partial charge in [0, 0.05) is 35.9 Å². The maximum Gasteiger partial charge on any atom is 0.268 e. The topological polar surface area (TPSA) is 98.7 Å². The minimum Gasteiger partial charge on any atom is -0.372 e. The SMILES string of the molecule is O=C1Nc2ccc(N3CC[C@](O)(C(=O)NCc4cc(F)cc(Cl)c4)C3=O)cc2C12CC2. The molecular formula is C22H19ClFN3O4. The van der Waals surface area contributed by atoms with Crippen molar-refractivity contribution in [3.63, 3.8) is 0 Å². The number of nitrogens with zero attached hydrogens (tertiary/aromatic N) is 1. The maximum absolute atomic E-state index is 13.5. The number of carbonyl (C=O) groups excluding carboxylic acids is 3. The predicted octanol–water partition coefficient (Wildman–Crippen LogP) is 2.25. The molecule has 31 heavy (non-hydrogen) atoms. The molecule has 0 aromatic heterocycles. The summed E-state index contributed by atoms with van der Waals surface area (Å²) in [6.45, 7) is 0.0722. The van der Waals surface area contributed by atoms with Gasteiger partial charge in [-0.25, -0.2) is 4.39 Å². The molecule has 5 rings (SSSR count). The van der Waals surface area contributed by atoms with E-state index in [-0.39, 0.29) is 30.4 Å². The number of halogens is 2. The van der Waals surface area contributed by atoms with Crippen LogP contribution in [0.25, 0.3) is 0 Å². The highest BCUT2D eigenvalue weighted by atomic mass is 35.5. The van der Waals surface area contributed by atoms with Gasteiger partial charge in [0.2, 0.25) is 11.5 Å². The van der Waals surface area contributed by atoms with Gasteiger partial charge in [0.1, 0.15) is 5.82 Å². The molecular weight excluding hydrogens is 425 g/mol. The van der Waals surface area contributed by atoms with Crippen molar-refractivity contribution in [3.05, 3.63) is 58.4 Å². The van der Waals surface area contributed by atoms with Gasteiger partial charge in [0.25, 0.3) is 11.8 Å². The van der Waals surface area contributed by atoms with Crippen molar-refractivity contribution in [3.8, 4) is 0 Å². The molecule has 0 bridgehead atoms. The predicted molar refractivity (Wildman–Crippen MR) is 111 cm³/mol. The maximum atomic E-state index is 13.5. The Morgan fingerprint density at radius 3 is 2.68 bits per heavy atom. The Labute approximate surface area is 182 Å². The van der Waals surface area contributed by atoms with E-state index in [4.69, 9.17) is 11.6 Å². The molecule has 160 valence electrons. The number of fused-ring (bicyclic) bond motifs is 2. The fourth-order valence-electron chi connectivity index (χ4n) is 4.39. The minimum atomic E-state index is -2.22. The number of carbonyl (C=O) groups is 3. The standard InChI is InChI=1S/C22H19ClFN3O4/c23-13-7-12(8-14(24)9-13)11-25-19(29)22(31)5-6-27(20(22)30)15-1-2-17-16(10-15)21(3-4-21)18(28)26-17/h1-2,7-10,31H,3-6,11H2,(H,25,29)(H,26,28)/t22-/m0/s1. The summed E-state index contributed by atoms with van der Waals surface area (Å²) in [6, 6.07) is 9.07. The van der Waals surface area contributed by atoms with E-state index in [1.54, 1.807) is 18.2 Å². The molecule has 0 unspecified atom stereocenters. The zero-order chi connectivity index (χ0) is 22.0. The molecule has 1 saturated carbocycles. The molecule has 2 aromatic carbocycles. The highest BCUT2D eigenvalue weighted by Gasteiger charge is 2.57. The molecule has 9 heteroatoms. The molecule has 2 fully saturated rings. The highest BCUT2D eigenvalue weighted by molar-refractivity contribution is 6.30. The van der Waals surface area contributed by atoms with Gasteiger partial charge in [-0.15, -0.1) is 0 Å². The van der Waals surface area contributed by atoms with E-state index in [0.717, 1.165) is 30.2 Å². The summed E-state index contributed by atoms with van der Waals surface area (Å²) in [5.74, 6) is -2.15. The Morgan fingerprint density at radius 1 is 1.19 bits per heavy atom. The summed E-state index contributed by atoms with van der Waals surface area (Å²) >= 11 is 5.82. The Morgan fingerprint density at radius 2 is 1.97 bits per heavy atom. The van der Waals surface area contributed by atoms with E-state index in [0.29, 0.717) is 11.3 Å². The number of anilines is 2. The molecule has 2 aliphatic heterocycles. The van der Waals surface area contributed by atoms with Gasteiger partial charge in [-0.05, 0) is 60.4 Å². The van der Waals surface area contributed by atoms with Crippen LogP contribution in [0.15, 0.2) is 36.4 Å². The average Bonchev–Trinajstić information content (AvgIpc) is 3.41. The number of benzene rings is 2. The van der Waals surface area contributed by atoms with Gasteiger partial charge in [-0.2, -0.15) is 0 Å². The van der Waals surface area contributed by atoms with Gasteiger partial charge in [0.05, 0.1) is 5.41 Å². The van der Waals surface area contributed by atoms with Crippen molar-refractivity contribution in [2.24, 2.45) is 0 Å². The third-order valence-corrected chi connectivity index (χ3v) is 6.53. The van der Waals surface area contributed by atoms with Gasteiger partial charge in [0.15, 0.2) is 0 Å². The van der Waals surface area contributed by atoms with Gasteiger partial charge in [-0.3, -0.25) is 14.4 Å². The second-order valence-electron chi connectivity index (χ2n) is 8.29. The molecule has 1 aliphatic carbocycles. The van der Waals surface area contributed by atoms with Crippen molar-refractivity contribution < 1.29 is 23.9 Å². The lowest BCUT2D eigenvalue weighted by molar-refractivity contribution is -0.149. The smallest absolute Gasteiger partial charge is 0.268 e. The highest BCUT2D eigenvalue weighted by Crippen LogP contribution is 2.55. The van der Waals surface area contributed by atoms with Crippen molar-refractivity contribution >= 4 is 40.7 Å². The van der Waals surface area contributed by atoms with E-state index in [1.165, 1.54) is 17.0 Å². The monoisotopic (exact) mass is 443 g/mol. The molecule has 0 radical (unpaired) electrons. The molecule has 1 saturated heterocycles. The van der Waals surface area contributed by atoms with Crippen LogP contribution < -0.4 is 15.5 Å². The molecule has 2 heterocycles. The number of hydrogen-bond acceptors (Lipinski definition) is 4. The van der Waals surface area contributed by atoms with E-state index in [1.807, 2.05) is 0 Å². The zero-order valence-electron chi connectivity index (χ0n) is 16.4. The quantitative estimate of drug-likeness (QED) is 0.631. The Hall–Kier alpha value is -2.97. The lowest BCUT2D eigenvalue weighted by Crippen LogP contribution is -2.52. The average molecular weight is 444 g/mol. The number of rotatable bonds is 4. The van der Waals surface area contributed by atoms with E-state index >= 15 is 0 Å². The van der Waals surface area contributed by atoms with Crippen molar-refractivity contribution in [2.75, 3.05) is 16.8 Å². The molecule has 3 N–H and O–H groups in total. The van der Waals surface area contributed by atoms with E-state index in [9.17, 15) is 23.9 Å². The van der Waals surface area contributed by atoms with Gasteiger partial charge in [-0.1, -0.05) is 11.6 Å². The fourth-order valence-corrected chi connectivity index (χ4v) is 4.64. The lowest BCUT2D eigenvalue weighted by atomic mass is 9.97. The normalized spacial score (nSPS) is 23.1. The van der Waals surface area contributed by atoms with E-state index in [2.05, 4.69) is 10.6 Å². The van der Waals surface area contributed by atoms with Crippen LogP contribution in [0, 0.1) is 5.82 Å². The molecule has 2 aromatic rings. The van der Waals surface area contributed by atoms with Crippen LogP contribution in [-0.4, -0.2) is 35.0 Å². The third kappa shape index (κ3) is 3.09. The first-order chi connectivity index (χ1) is 14.7. The fraction of sp³-hybridized carbons (Fsp3) is 0.318. The van der Waals surface area contributed by atoms with Crippen LogP contribution >= 0.6 is 11.6 Å². The second-order valence-corrected chi connectivity index (χ2v) is 8.73. The largest absolute Gasteiger partial charge is 0.372 e. The Kier molecular flexibility index (Phi) is 4.36. The Balaban J connectivity index is 1.33. The first-order valence-corrected chi connectivity index (χ1v) is 10.3. The number of nitrogens with one attached hydrogen (secondary N) is 2. The summed E-state index contributed by atoms with van der Waals surface area (Å²) in [6.07, 6.45) is 1.44. The third-order valence-electron chi connectivity index (χ3n) is 6.31. The van der Waals surface area contributed by atoms with Crippen LogP contribution in [0.1, 0.15) is 30.4 Å². The van der Waals surface area contributed by atoms with E-state index < -0.39 is 28.6 Å². The summed E-state index contributed by atoms with van der Waals surface area (Å²) < 4.78 is 13.5. The number of amides is 3. The van der Waals surface area contributed by atoms with Gasteiger partial charge < -0.3 is 20.6 Å². The summed E-state index contributed by atoms with van der Waals surface area (Å²) in [4.78, 5) is 39.2. The number of hydrogen-bond donors (Lipinski definition) is 3. The van der Waals surface area contributed by atoms with Gasteiger partial charge >= 0.3 is 0 Å². The molecule has 1 spiro atoms. The first kappa shape index (κ1) is 20.0. The Bertz CT molecular complexity index is 1130. The van der Waals surface area contributed by atoms with Crippen LogP contribution in [0.3, 0.4) is 0 Å². The molecule has 1 atom stereocenters. The van der Waals surface area contributed by atoms with Crippen LogP contribution in [0.2, 0.25) is 5.02 Å². The van der Waals surface area contributed by atoms with Crippen LogP contribution in [-0.2, 0) is 26.3 Å². The minimum absolute atomic E-state index is 0.0271. The molecule has 3 aliphatic rings. The van der Waals surface area contributed by atoms with Crippen molar-refractivity contribution in [2.45, 2.75) is 36.8 Å². The number of aliphatic hydroxyl groups is 1. The summed E-state index contributed by atoms with van der Waals surface area (Å²) in [7, 11) is 0. The molecule has 3 amide bonds. The zero-order valence-corrected chi connectivity index (χ0v) is 17.1. The second kappa shape index (κ2) is 6.77. The van der Waals surface area contributed by atoms with Crippen molar-refractivity contribution in [1.29, 1.82) is 0 Å². The van der Waals surface area contributed by atoms with Crippen molar-refractivity contribution in [1.82, 2.24) is 5.32 Å². The lowest BCUT2D eigenvalue weighted by Gasteiger charge is -2.22. The first-order valence-electron chi connectivity index (χ1n) is 9.97. The summed E-state index contributed by atoms with van der Waals surface area (Å²) in [5.41, 5.74) is -0.192.